The lowest BCUT2D eigenvalue weighted by molar-refractivity contribution is -0.124. The fourth-order valence-electron chi connectivity index (χ4n) is 5.25. The van der Waals surface area contributed by atoms with E-state index in [0.717, 1.165) is 64.8 Å². The van der Waals surface area contributed by atoms with Crippen LogP contribution in [0.15, 0.2) is 61.3 Å². The number of piperidine rings is 1. The van der Waals surface area contributed by atoms with Gasteiger partial charge in [-0.15, -0.1) is 0 Å². The van der Waals surface area contributed by atoms with Crippen LogP contribution in [0.4, 0.5) is 5.69 Å². The molecule has 7 nitrogen and oxygen atoms in total. The van der Waals surface area contributed by atoms with Crippen molar-refractivity contribution in [1.29, 1.82) is 0 Å². The van der Waals surface area contributed by atoms with E-state index in [1.165, 1.54) is 0 Å². The van der Waals surface area contributed by atoms with Gasteiger partial charge in [-0.3, -0.25) is 14.8 Å². The number of carbonyl (C=O) groups is 1. The molecule has 1 spiro atoms. The number of anilines is 1. The van der Waals surface area contributed by atoms with Crippen LogP contribution in [0.2, 0.25) is 5.02 Å². The molecular formula is C25H21ClN6O. The molecule has 2 aliphatic rings. The van der Waals surface area contributed by atoms with Crippen molar-refractivity contribution in [2.24, 2.45) is 0 Å². The van der Waals surface area contributed by atoms with E-state index in [1.807, 2.05) is 41.4 Å². The summed E-state index contributed by atoms with van der Waals surface area (Å²) in [5.74, 6) is 0.129. The number of carbonyl (C=O) groups excluding carboxylic acids is 1. The van der Waals surface area contributed by atoms with Gasteiger partial charge in [-0.05, 0) is 61.1 Å². The molecule has 33 heavy (non-hydrogen) atoms. The molecule has 3 aromatic heterocycles. The summed E-state index contributed by atoms with van der Waals surface area (Å²) in [5, 5.41) is 14.0. The average molecular weight is 457 g/mol. The second kappa shape index (κ2) is 7.86. The number of hydrogen-bond acceptors (Lipinski definition) is 6. The van der Waals surface area contributed by atoms with Crippen LogP contribution in [0.25, 0.3) is 21.9 Å². The number of pyridine rings is 2. The Kier molecular flexibility index (Phi) is 4.81. The van der Waals surface area contributed by atoms with Gasteiger partial charge in [0.15, 0.2) is 0 Å². The van der Waals surface area contributed by atoms with Crippen molar-refractivity contribution < 1.29 is 4.79 Å². The third-order valence-corrected chi connectivity index (χ3v) is 7.06. The van der Waals surface area contributed by atoms with Gasteiger partial charge in [0.05, 0.1) is 41.9 Å². The van der Waals surface area contributed by atoms with Crippen LogP contribution in [-0.4, -0.2) is 39.2 Å². The number of amides is 1. The van der Waals surface area contributed by atoms with Gasteiger partial charge < -0.3 is 10.2 Å². The maximum Gasteiger partial charge on any atom is 0.238 e. The molecule has 2 aliphatic heterocycles. The smallest absolute Gasteiger partial charge is 0.238 e. The summed E-state index contributed by atoms with van der Waals surface area (Å²) < 4.78 is 0. The van der Waals surface area contributed by atoms with Crippen LogP contribution in [0.1, 0.15) is 24.1 Å². The number of halogens is 1. The first-order chi connectivity index (χ1) is 16.2. The first kappa shape index (κ1) is 20.2. The fourth-order valence-corrected chi connectivity index (χ4v) is 5.43. The zero-order valence-corrected chi connectivity index (χ0v) is 18.6. The van der Waals surface area contributed by atoms with E-state index in [4.69, 9.17) is 16.6 Å². The summed E-state index contributed by atoms with van der Waals surface area (Å²) >= 11 is 6.24. The third kappa shape index (κ3) is 3.19. The number of benzene rings is 1. The van der Waals surface area contributed by atoms with Crippen LogP contribution < -0.4 is 10.2 Å². The predicted octanol–water partition coefficient (Wildman–Crippen LogP) is 3.91. The number of nitrogens with zero attached hydrogens (tertiary/aromatic N) is 5. The lowest BCUT2D eigenvalue weighted by Crippen LogP contribution is -2.47. The Balaban J connectivity index is 1.50. The monoisotopic (exact) mass is 456 g/mol. The summed E-state index contributed by atoms with van der Waals surface area (Å²) in [6.07, 6.45) is 10.4. The molecule has 1 N–H and O–H groups in total. The van der Waals surface area contributed by atoms with Gasteiger partial charge in [-0.2, -0.15) is 10.2 Å². The molecule has 0 unspecified atom stereocenters. The molecule has 0 bridgehead atoms. The molecule has 0 atom stereocenters. The first-order valence-electron chi connectivity index (χ1n) is 11.0. The molecule has 0 radical (unpaired) electrons. The third-order valence-electron chi connectivity index (χ3n) is 6.83. The van der Waals surface area contributed by atoms with Crippen LogP contribution in [-0.2, 0) is 16.8 Å². The molecular weight excluding hydrogens is 436 g/mol. The number of nitrogens with one attached hydrogen (secondary N) is 1. The molecule has 5 heterocycles. The molecule has 8 heteroatoms. The van der Waals surface area contributed by atoms with E-state index in [9.17, 15) is 4.79 Å². The molecule has 4 aromatic rings. The maximum atomic E-state index is 13.9. The van der Waals surface area contributed by atoms with Crippen molar-refractivity contribution in [3.63, 3.8) is 0 Å². The topological polar surface area (TPSA) is 83.9 Å². The highest BCUT2D eigenvalue weighted by Gasteiger charge is 2.51. The summed E-state index contributed by atoms with van der Waals surface area (Å²) in [6.45, 7) is 2.00. The highest BCUT2D eigenvalue weighted by Crippen LogP contribution is 2.47. The van der Waals surface area contributed by atoms with Crippen LogP contribution >= 0.6 is 11.6 Å². The second-order valence-corrected chi connectivity index (χ2v) is 9.00. The Morgan fingerprint density at radius 1 is 1.03 bits per heavy atom. The van der Waals surface area contributed by atoms with Gasteiger partial charge in [0.2, 0.25) is 5.91 Å². The molecule has 0 saturated carbocycles. The Hall–Kier alpha value is -3.42. The molecule has 1 amide bonds. The Morgan fingerprint density at radius 2 is 1.91 bits per heavy atom. The minimum Gasteiger partial charge on any atom is -0.317 e. The molecule has 1 saturated heterocycles. The van der Waals surface area contributed by atoms with E-state index in [-0.39, 0.29) is 5.91 Å². The van der Waals surface area contributed by atoms with Gasteiger partial charge in [-0.1, -0.05) is 17.7 Å². The summed E-state index contributed by atoms with van der Waals surface area (Å²) in [4.78, 5) is 24.9. The SMILES string of the molecule is O=C1N(Cc2ncc3cc(Cl)ccc3c2-c2ccnnc2)c2cnccc2C12CCNCC2. The van der Waals surface area contributed by atoms with E-state index >= 15 is 0 Å². The minimum absolute atomic E-state index is 0.129. The highest BCUT2D eigenvalue weighted by atomic mass is 35.5. The largest absolute Gasteiger partial charge is 0.317 e. The van der Waals surface area contributed by atoms with Crippen molar-refractivity contribution in [2.45, 2.75) is 24.8 Å². The lowest BCUT2D eigenvalue weighted by Gasteiger charge is -2.33. The number of rotatable bonds is 3. The van der Waals surface area contributed by atoms with Gasteiger partial charge in [0.1, 0.15) is 0 Å². The van der Waals surface area contributed by atoms with Gasteiger partial charge in [-0.25, -0.2) is 0 Å². The van der Waals surface area contributed by atoms with Crippen molar-refractivity contribution >= 4 is 34.0 Å². The van der Waals surface area contributed by atoms with Gasteiger partial charge in [0, 0.05) is 33.9 Å². The second-order valence-electron chi connectivity index (χ2n) is 8.56. The fraction of sp³-hybridized carbons (Fsp3) is 0.240. The van der Waals surface area contributed by atoms with Crippen molar-refractivity contribution in [3.8, 4) is 11.1 Å². The Labute approximate surface area is 195 Å². The highest BCUT2D eigenvalue weighted by molar-refractivity contribution is 6.31. The van der Waals surface area contributed by atoms with Crippen molar-refractivity contribution in [1.82, 2.24) is 25.5 Å². The number of aromatic nitrogens is 4. The Bertz CT molecular complexity index is 1370. The summed E-state index contributed by atoms with van der Waals surface area (Å²) in [5.41, 5.74) is 4.09. The van der Waals surface area contributed by atoms with E-state index in [2.05, 4.69) is 20.5 Å². The molecule has 0 aliphatic carbocycles. The molecule has 164 valence electrons. The average Bonchev–Trinajstić information content (AvgIpc) is 3.07. The lowest BCUT2D eigenvalue weighted by atomic mass is 9.74. The molecule has 6 rings (SSSR count). The quantitative estimate of drug-likeness (QED) is 0.503. The number of hydrogen-bond donors (Lipinski definition) is 1. The summed E-state index contributed by atoms with van der Waals surface area (Å²) in [7, 11) is 0. The number of fused-ring (bicyclic) bond motifs is 3. The van der Waals surface area contributed by atoms with E-state index in [0.29, 0.717) is 11.6 Å². The van der Waals surface area contributed by atoms with E-state index in [1.54, 1.807) is 24.8 Å². The maximum absolute atomic E-state index is 13.9. The van der Waals surface area contributed by atoms with Crippen LogP contribution in [0.3, 0.4) is 0 Å². The van der Waals surface area contributed by atoms with Crippen molar-refractivity contribution in [3.05, 3.63) is 77.6 Å². The Morgan fingerprint density at radius 3 is 2.73 bits per heavy atom. The molecule has 1 fully saturated rings. The zero-order chi connectivity index (χ0) is 22.4. The van der Waals surface area contributed by atoms with Crippen LogP contribution in [0, 0.1) is 0 Å². The normalized spacial score (nSPS) is 17.0. The van der Waals surface area contributed by atoms with Crippen LogP contribution in [0.5, 0.6) is 0 Å². The summed E-state index contributed by atoms with van der Waals surface area (Å²) in [6, 6.07) is 9.68. The van der Waals surface area contributed by atoms with Gasteiger partial charge >= 0.3 is 0 Å². The van der Waals surface area contributed by atoms with E-state index < -0.39 is 5.41 Å². The predicted molar refractivity (Wildman–Crippen MR) is 127 cm³/mol. The standard InChI is InChI=1S/C25H21ClN6O/c26-18-1-2-19-17(11-18)12-29-21(23(19)16-3-8-30-31-13-16)15-32-22-14-28-7-4-20(22)25(24(32)33)5-9-27-10-6-25/h1-4,7-8,11-14,27H,5-6,9-10,15H2. The van der Waals surface area contributed by atoms with Crippen molar-refractivity contribution in [2.75, 3.05) is 18.0 Å². The zero-order valence-electron chi connectivity index (χ0n) is 17.8. The first-order valence-corrected chi connectivity index (χ1v) is 11.4. The van der Waals surface area contributed by atoms with Gasteiger partial charge in [0.25, 0.3) is 0 Å². The molecule has 1 aromatic carbocycles. The minimum atomic E-state index is -0.494.